The van der Waals surface area contributed by atoms with Crippen molar-refractivity contribution in [3.63, 3.8) is 0 Å². The molecule has 2 N–H and O–H groups in total. The molecule has 0 aliphatic heterocycles. The predicted octanol–water partition coefficient (Wildman–Crippen LogP) is 2.21. The Balaban J connectivity index is 2.02. The van der Waals surface area contributed by atoms with Crippen molar-refractivity contribution in [2.24, 2.45) is 0 Å². The summed E-state index contributed by atoms with van der Waals surface area (Å²) in [5.74, 6) is 1.65. The number of anilines is 2. The zero-order valence-corrected chi connectivity index (χ0v) is 12.4. The largest absolute Gasteiger partial charge is 0.399 e. The van der Waals surface area contributed by atoms with Gasteiger partial charge in [-0.2, -0.15) is 0 Å². The molecule has 2 heterocycles. The monoisotopic (exact) mass is 282 g/mol. The van der Waals surface area contributed by atoms with Crippen LogP contribution < -0.4 is 10.6 Å². The number of nitrogens with zero attached hydrogens (tertiary/aromatic N) is 5. The Bertz CT molecular complexity index is 779. The summed E-state index contributed by atoms with van der Waals surface area (Å²) < 4.78 is 1.94. The predicted molar refractivity (Wildman–Crippen MR) is 83.2 cm³/mol. The van der Waals surface area contributed by atoms with Gasteiger partial charge in [0.1, 0.15) is 5.82 Å². The van der Waals surface area contributed by atoms with Crippen LogP contribution in [-0.4, -0.2) is 26.6 Å². The van der Waals surface area contributed by atoms with E-state index in [2.05, 4.69) is 33.1 Å². The van der Waals surface area contributed by atoms with Crippen molar-refractivity contribution in [1.29, 1.82) is 0 Å². The molecule has 0 aliphatic carbocycles. The molecule has 0 aliphatic rings. The molecule has 0 radical (unpaired) electrons. The van der Waals surface area contributed by atoms with Crippen LogP contribution in [0.15, 0.2) is 36.7 Å². The fourth-order valence-corrected chi connectivity index (χ4v) is 2.40. The van der Waals surface area contributed by atoms with Crippen LogP contribution in [-0.2, 0) is 0 Å². The summed E-state index contributed by atoms with van der Waals surface area (Å²) in [6, 6.07) is 8.02. The molecule has 3 aromatic rings. The highest BCUT2D eigenvalue weighted by Crippen LogP contribution is 2.27. The van der Waals surface area contributed by atoms with E-state index in [4.69, 9.17) is 5.73 Å². The van der Waals surface area contributed by atoms with Crippen LogP contribution in [0, 0.1) is 6.92 Å². The van der Waals surface area contributed by atoms with E-state index < -0.39 is 0 Å². The standard InChI is InChI=1S/C15H18N6/c1-10(12-5-4-6-13(16)9-12)20(3)14-15-19-18-11(2)21(15)8-7-17-14/h4-10H,16H2,1-3H3. The molecular formula is C15H18N6. The Labute approximate surface area is 123 Å². The summed E-state index contributed by atoms with van der Waals surface area (Å²) in [4.78, 5) is 6.54. The van der Waals surface area contributed by atoms with Crippen LogP contribution >= 0.6 is 0 Å². The third-order valence-corrected chi connectivity index (χ3v) is 3.79. The smallest absolute Gasteiger partial charge is 0.203 e. The number of nitrogens with two attached hydrogens (primary N) is 1. The number of fused-ring (bicyclic) bond motifs is 1. The maximum atomic E-state index is 5.87. The highest BCUT2D eigenvalue weighted by Gasteiger charge is 2.18. The summed E-state index contributed by atoms with van der Waals surface area (Å²) in [7, 11) is 2.00. The van der Waals surface area contributed by atoms with E-state index in [0.717, 1.165) is 28.5 Å². The third kappa shape index (κ3) is 2.29. The molecule has 0 fully saturated rings. The zero-order chi connectivity index (χ0) is 15.0. The maximum Gasteiger partial charge on any atom is 0.203 e. The quantitative estimate of drug-likeness (QED) is 0.746. The van der Waals surface area contributed by atoms with Gasteiger partial charge in [-0.15, -0.1) is 10.2 Å². The van der Waals surface area contributed by atoms with Gasteiger partial charge in [-0.25, -0.2) is 4.98 Å². The molecular weight excluding hydrogens is 264 g/mol. The minimum atomic E-state index is 0.129. The van der Waals surface area contributed by atoms with E-state index >= 15 is 0 Å². The van der Waals surface area contributed by atoms with Crippen molar-refractivity contribution >= 4 is 17.2 Å². The second kappa shape index (κ2) is 5.05. The number of rotatable bonds is 3. The van der Waals surface area contributed by atoms with E-state index in [0.29, 0.717) is 0 Å². The van der Waals surface area contributed by atoms with Crippen LogP contribution in [0.1, 0.15) is 24.4 Å². The van der Waals surface area contributed by atoms with Crippen molar-refractivity contribution in [3.05, 3.63) is 48.0 Å². The lowest BCUT2D eigenvalue weighted by Crippen LogP contribution is -2.23. The lowest BCUT2D eigenvalue weighted by molar-refractivity contribution is 0.728. The summed E-state index contributed by atoms with van der Waals surface area (Å²) in [5.41, 5.74) is 8.52. The average Bonchev–Trinajstić information content (AvgIpc) is 2.87. The van der Waals surface area contributed by atoms with Crippen LogP contribution in [0.2, 0.25) is 0 Å². The first-order valence-corrected chi connectivity index (χ1v) is 6.82. The summed E-state index contributed by atoms with van der Waals surface area (Å²) >= 11 is 0. The Morgan fingerprint density at radius 2 is 2.10 bits per heavy atom. The number of benzene rings is 1. The number of aromatic nitrogens is 4. The van der Waals surface area contributed by atoms with Crippen LogP contribution in [0.3, 0.4) is 0 Å². The number of hydrogen-bond acceptors (Lipinski definition) is 5. The Hall–Kier alpha value is -2.63. The molecule has 1 unspecified atom stereocenters. The van der Waals surface area contributed by atoms with E-state index in [1.165, 1.54) is 0 Å². The molecule has 0 amide bonds. The van der Waals surface area contributed by atoms with Gasteiger partial charge < -0.3 is 10.6 Å². The molecule has 0 bridgehead atoms. The molecule has 1 atom stereocenters. The Kier molecular flexibility index (Phi) is 3.21. The molecule has 0 saturated carbocycles. The summed E-state index contributed by atoms with van der Waals surface area (Å²) in [6.45, 7) is 4.04. The van der Waals surface area contributed by atoms with Gasteiger partial charge in [-0.1, -0.05) is 12.1 Å². The normalized spacial score (nSPS) is 12.5. The lowest BCUT2D eigenvalue weighted by atomic mass is 10.1. The van der Waals surface area contributed by atoms with Gasteiger partial charge in [0.2, 0.25) is 5.65 Å². The molecule has 21 heavy (non-hydrogen) atoms. The van der Waals surface area contributed by atoms with E-state index in [9.17, 15) is 0 Å². The molecule has 0 spiro atoms. The van der Waals surface area contributed by atoms with Gasteiger partial charge in [-0.05, 0) is 31.5 Å². The van der Waals surface area contributed by atoms with Gasteiger partial charge in [0.05, 0.1) is 6.04 Å². The maximum absolute atomic E-state index is 5.87. The first-order chi connectivity index (χ1) is 10.1. The highest BCUT2D eigenvalue weighted by molar-refractivity contribution is 5.64. The van der Waals surface area contributed by atoms with E-state index in [-0.39, 0.29) is 6.04 Å². The molecule has 108 valence electrons. The first-order valence-electron chi connectivity index (χ1n) is 6.82. The second-order valence-electron chi connectivity index (χ2n) is 5.15. The van der Waals surface area contributed by atoms with Crippen LogP contribution in [0.5, 0.6) is 0 Å². The molecule has 6 heteroatoms. The summed E-state index contributed by atoms with van der Waals surface area (Å²) in [5, 5.41) is 8.33. The molecule has 6 nitrogen and oxygen atoms in total. The first kappa shape index (κ1) is 13.4. The van der Waals surface area contributed by atoms with Gasteiger partial charge in [0.15, 0.2) is 5.82 Å². The minimum absolute atomic E-state index is 0.129. The topological polar surface area (TPSA) is 72.3 Å². The second-order valence-corrected chi connectivity index (χ2v) is 5.15. The number of nitrogen functional groups attached to an aromatic ring is 1. The molecule has 3 rings (SSSR count). The minimum Gasteiger partial charge on any atom is -0.399 e. The van der Waals surface area contributed by atoms with Gasteiger partial charge in [0, 0.05) is 25.1 Å². The van der Waals surface area contributed by atoms with Gasteiger partial charge in [0.25, 0.3) is 0 Å². The molecule has 1 aromatic carbocycles. The number of aryl methyl sites for hydroxylation is 1. The van der Waals surface area contributed by atoms with E-state index in [1.807, 2.05) is 42.8 Å². The SMILES string of the molecule is Cc1nnc2c(N(C)C(C)c3cccc(N)c3)nccn12. The van der Waals surface area contributed by atoms with Crippen molar-refractivity contribution in [2.75, 3.05) is 17.7 Å². The summed E-state index contributed by atoms with van der Waals surface area (Å²) in [6.07, 6.45) is 3.63. The fraction of sp³-hybridized carbons (Fsp3) is 0.267. The molecule has 0 saturated heterocycles. The lowest BCUT2D eigenvalue weighted by Gasteiger charge is -2.26. The fourth-order valence-electron chi connectivity index (χ4n) is 2.40. The number of hydrogen-bond donors (Lipinski definition) is 1. The van der Waals surface area contributed by atoms with Crippen molar-refractivity contribution in [3.8, 4) is 0 Å². The highest BCUT2D eigenvalue weighted by atomic mass is 15.3. The van der Waals surface area contributed by atoms with Crippen LogP contribution in [0.25, 0.3) is 5.65 Å². The molecule has 2 aromatic heterocycles. The van der Waals surface area contributed by atoms with Gasteiger partial charge in [-0.3, -0.25) is 4.40 Å². The van der Waals surface area contributed by atoms with Crippen molar-refractivity contribution in [1.82, 2.24) is 19.6 Å². The van der Waals surface area contributed by atoms with Crippen LogP contribution in [0.4, 0.5) is 11.5 Å². The van der Waals surface area contributed by atoms with Crippen molar-refractivity contribution < 1.29 is 0 Å². The van der Waals surface area contributed by atoms with E-state index in [1.54, 1.807) is 6.20 Å². The zero-order valence-electron chi connectivity index (χ0n) is 12.4. The van der Waals surface area contributed by atoms with Gasteiger partial charge >= 0.3 is 0 Å². The third-order valence-electron chi connectivity index (χ3n) is 3.79. The average molecular weight is 282 g/mol. The van der Waals surface area contributed by atoms with Crippen molar-refractivity contribution in [2.45, 2.75) is 19.9 Å². The Morgan fingerprint density at radius 1 is 1.29 bits per heavy atom. The Morgan fingerprint density at radius 3 is 2.86 bits per heavy atom.